The van der Waals surface area contributed by atoms with Gasteiger partial charge in [-0.3, -0.25) is 0 Å². The van der Waals surface area contributed by atoms with Crippen LogP contribution in [-0.4, -0.2) is 24.6 Å². The fourth-order valence-corrected chi connectivity index (χ4v) is 2.04. The number of nitrogens with zero attached hydrogens (tertiary/aromatic N) is 1. The summed E-state index contributed by atoms with van der Waals surface area (Å²) in [5, 5.41) is 12.5. The highest BCUT2D eigenvalue weighted by molar-refractivity contribution is 7.99. The summed E-state index contributed by atoms with van der Waals surface area (Å²) in [6.45, 7) is 2.01. The van der Waals surface area contributed by atoms with E-state index in [0.29, 0.717) is 5.25 Å². The first-order chi connectivity index (χ1) is 4.88. The summed E-state index contributed by atoms with van der Waals surface area (Å²) in [4.78, 5) is 0. The average Bonchev–Trinajstić information content (AvgIpc) is 2.04. The molecule has 0 spiro atoms. The van der Waals surface area contributed by atoms with Gasteiger partial charge in [-0.15, -0.1) is 0 Å². The summed E-state index contributed by atoms with van der Waals surface area (Å²) in [6.07, 6.45) is 3.09. The number of hydrogen-bond donors (Lipinski definition) is 1. The van der Waals surface area contributed by atoms with E-state index in [0.717, 1.165) is 19.5 Å². The lowest BCUT2D eigenvalue weighted by Gasteiger charge is -2.25. The predicted molar refractivity (Wildman–Crippen MR) is 43.9 cm³/mol. The van der Waals surface area contributed by atoms with Crippen LogP contribution in [0, 0.1) is 17.2 Å². The first-order valence-electron chi connectivity index (χ1n) is 3.51. The van der Waals surface area contributed by atoms with E-state index in [1.807, 2.05) is 0 Å². The van der Waals surface area contributed by atoms with E-state index in [9.17, 15) is 0 Å². The van der Waals surface area contributed by atoms with Gasteiger partial charge in [-0.1, -0.05) is 0 Å². The van der Waals surface area contributed by atoms with Crippen molar-refractivity contribution in [3.05, 3.63) is 0 Å². The molecule has 1 saturated heterocycles. The largest absolute Gasteiger partial charge is 0.316 e. The van der Waals surface area contributed by atoms with Gasteiger partial charge in [-0.25, -0.2) is 0 Å². The van der Waals surface area contributed by atoms with Crippen LogP contribution >= 0.6 is 11.8 Å². The highest BCUT2D eigenvalue weighted by Crippen LogP contribution is 2.21. The minimum absolute atomic E-state index is 0.274. The average molecular weight is 156 g/mol. The summed E-state index contributed by atoms with van der Waals surface area (Å²) < 4.78 is 0. The molecular weight excluding hydrogens is 144 g/mol. The first kappa shape index (κ1) is 7.90. The van der Waals surface area contributed by atoms with Crippen LogP contribution < -0.4 is 5.32 Å². The van der Waals surface area contributed by atoms with Gasteiger partial charge in [0.15, 0.2) is 0 Å². The minimum Gasteiger partial charge on any atom is -0.316 e. The smallest absolute Gasteiger partial charge is 0.0668 e. The molecule has 0 radical (unpaired) electrons. The van der Waals surface area contributed by atoms with Gasteiger partial charge < -0.3 is 5.32 Å². The van der Waals surface area contributed by atoms with Crippen molar-refractivity contribution >= 4 is 11.8 Å². The summed E-state index contributed by atoms with van der Waals surface area (Å²) in [7, 11) is 0. The van der Waals surface area contributed by atoms with E-state index < -0.39 is 0 Å². The molecule has 3 heteroatoms. The number of piperidine rings is 1. The van der Waals surface area contributed by atoms with Crippen molar-refractivity contribution in [2.45, 2.75) is 11.7 Å². The summed E-state index contributed by atoms with van der Waals surface area (Å²) >= 11 is 1.79. The van der Waals surface area contributed by atoms with Gasteiger partial charge in [0.1, 0.15) is 0 Å². The Hall–Kier alpha value is -0.200. The topological polar surface area (TPSA) is 35.8 Å². The second kappa shape index (κ2) is 3.85. The maximum Gasteiger partial charge on any atom is 0.0668 e. The molecule has 1 aliphatic heterocycles. The predicted octanol–water partition coefficient (Wildman–Crippen LogP) is 0.851. The molecule has 10 heavy (non-hydrogen) atoms. The lowest BCUT2D eigenvalue weighted by Crippen LogP contribution is -2.37. The Morgan fingerprint density at radius 1 is 1.70 bits per heavy atom. The molecule has 0 aromatic heterocycles. The molecule has 0 aromatic carbocycles. The van der Waals surface area contributed by atoms with E-state index in [2.05, 4.69) is 17.6 Å². The standard InChI is InChI=1S/C7H12N2S/c1-10-7-5-9-3-2-6(7)4-8/h6-7,9H,2-3,5H2,1H3/t6-,7+/m0/s1. The van der Waals surface area contributed by atoms with Crippen LogP contribution in [-0.2, 0) is 0 Å². The first-order valence-corrected chi connectivity index (χ1v) is 4.80. The normalized spacial score (nSPS) is 33.2. The zero-order valence-corrected chi connectivity index (χ0v) is 6.95. The molecule has 2 nitrogen and oxygen atoms in total. The van der Waals surface area contributed by atoms with Gasteiger partial charge in [0, 0.05) is 11.8 Å². The number of thioether (sulfide) groups is 1. The SMILES string of the molecule is CS[C@@H]1CNCC[C@H]1C#N. The molecule has 0 aromatic rings. The fourth-order valence-electron chi connectivity index (χ4n) is 1.23. The van der Waals surface area contributed by atoms with Gasteiger partial charge in [0.2, 0.25) is 0 Å². The van der Waals surface area contributed by atoms with E-state index in [4.69, 9.17) is 5.26 Å². The van der Waals surface area contributed by atoms with Crippen molar-refractivity contribution in [3.63, 3.8) is 0 Å². The quantitative estimate of drug-likeness (QED) is 0.611. The maximum atomic E-state index is 8.70. The number of hydrogen-bond acceptors (Lipinski definition) is 3. The van der Waals surface area contributed by atoms with Crippen LogP contribution in [0.25, 0.3) is 0 Å². The summed E-state index contributed by atoms with van der Waals surface area (Å²) in [6, 6.07) is 2.34. The van der Waals surface area contributed by atoms with Crippen molar-refractivity contribution in [3.8, 4) is 6.07 Å². The Morgan fingerprint density at radius 2 is 2.50 bits per heavy atom. The van der Waals surface area contributed by atoms with Gasteiger partial charge in [0.25, 0.3) is 0 Å². The van der Waals surface area contributed by atoms with Crippen molar-refractivity contribution in [2.75, 3.05) is 19.3 Å². The van der Waals surface area contributed by atoms with Gasteiger partial charge >= 0.3 is 0 Å². The summed E-state index contributed by atoms with van der Waals surface area (Å²) in [5.74, 6) is 0.274. The monoisotopic (exact) mass is 156 g/mol. The Balaban J connectivity index is 2.44. The molecule has 1 aliphatic rings. The Morgan fingerprint density at radius 3 is 3.00 bits per heavy atom. The zero-order valence-electron chi connectivity index (χ0n) is 6.13. The van der Waals surface area contributed by atoms with E-state index in [1.165, 1.54) is 0 Å². The van der Waals surface area contributed by atoms with E-state index in [-0.39, 0.29) is 5.92 Å². The van der Waals surface area contributed by atoms with Gasteiger partial charge in [-0.05, 0) is 19.2 Å². The van der Waals surface area contributed by atoms with Crippen LogP contribution in [0.4, 0.5) is 0 Å². The second-order valence-electron chi connectivity index (χ2n) is 2.50. The molecule has 0 aliphatic carbocycles. The number of nitriles is 1. The molecule has 0 bridgehead atoms. The summed E-state index contributed by atoms with van der Waals surface area (Å²) in [5.41, 5.74) is 0. The van der Waals surface area contributed by atoms with E-state index >= 15 is 0 Å². The van der Waals surface area contributed by atoms with Crippen molar-refractivity contribution in [1.29, 1.82) is 5.26 Å². The molecule has 1 N–H and O–H groups in total. The molecule has 1 heterocycles. The lowest BCUT2D eigenvalue weighted by molar-refractivity contribution is 0.457. The molecule has 0 amide bonds. The van der Waals surface area contributed by atoms with Crippen molar-refractivity contribution in [1.82, 2.24) is 5.32 Å². The van der Waals surface area contributed by atoms with Crippen LogP contribution in [0.15, 0.2) is 0 Å². The molecule has 1 rings (SSSR count). The molecule has 0 unspecified atom stereocenters. The number of rotatable bonds is 1. The lowest BCUT2D eigenvalue weighted by atomic mass is 10.00. The van der Waals surface area contributed by atoms with E-state index in [1.54, 1.807) is 11.8 Å². The van der Waals surface area contributed by atoms with Crippen molar-refractivity contribution < 1.29 is 0 Å². The second-order valence-corrected chi connectivity index (χ2v) is 3.58. The van der Waals surface area contributed by atoms with Crippen LogP contribution in [0.3, 0.4) is 0 Å². The molecule has 0 saturated carbocycles. The Bertz CT molecular complexity index is 141. The van der Waals surface area contributed by atoms with Gasteiger partial charge in [-0.2, -0.15) is 17.0 Å². The zero-order chi connectivity index (χ0) is 7.40. The van der Waals surface area contributed by atoms with Crippen LogP contribution in [0.2, 0.25) is 0 Å². The van der Waals surface area contributed by atoms with Crippen molar-refractivity contribution in [2.24, 2.45) is 5.92 Å². The third-order valence-corrected chi connectivity index (χ3v) is 3.00. The molecular formula is C7H12N2S. The minimum atomic E-state index is 0.274. The van der Waals surface area contributed by atoms with Gasteiger partial charge in [0.05, 0.1) is 12.0 Å². The number of nitrogens with one attached hydrogen (secondary N) is 1. The Labute approximate surface area is 66.0 Å². The third-order valence-electron chi connectivity index (χ3n) is 1.89. The molecule has 1 fully saturated rings. The molecule has 56 valence electrons. The highest BCUT2D eigenvalue weighted by atomic mass is 32.2. The third kappa shape index (κ3) is 1.65. The van der Waals surface area contributed by atoms with Crippen LogP contribution in [0.5, 0.6) is 0 Å². The Kier molecular flexibility index (Phi) is 3.04. The van der Waals surface area contributed by atoms with Crippen LogP contribution in [0.1, 0.15) is 6.42 Å². The maximum absolute atomic E-state index is 8.70. The molecule has 2 atom stereocenters. The highest BCUT2D eigenvalue weighted by Gasteiger charge is 2.23. The fraction of sp³-hybridized carbons (Fsp3) is 0.857.